The molecule has 10 heteroatoms. The summed E-state index contributed by atoms with van der Waals surface area (Å²) in [5.41, 5.74) is 0.778. The molecule has 0 saturated carbocycles. The summed E-state index contributed by atoms with van der Waals surface area (Å²) < 4.78 is 26.4. The lowest BCUT2D eigenvalue weighted by atomic mass is 10.1. The molecule has 0 radical (unpaired) electrons. The summed E-state index contributed by atoms with van der Waals surface area (Å²) in [4.78, 5) is 24.0. The van der Waals surface area contributed by atoms with Crippen molar-refractivity contribution in [3.63, 3.8) is 0 Å². The molecule has 1 aliphatic heterocycles. The van der Waals surface area contributed by atoms with E-state index in [1.165, 1.54) is 19.2 Å². The number of carbonyl (C=O) groups excluding carboxylic acids is 1. The largest absolute Gasteiger partial charge is 0.339 e. The Bertz CT molecular complexity index is 787. The molecule has 1 aromatic rings. The maximum Gasteiger partial charge on any atom is 0.289 e. The highest BCUT2D eigenvalue weighted by Crippen LogP contribution is 2.29. The fourth-order valence-corrected chi connectivity index (χ4v) is 3.92. The van der Waals surface area contributed by atoms with Gasteiger partial charge in [0, 0.05) is 39.3 Å². The van der Waals surface area contributed by atoms with Gasteiger partial charge in [-0.15, -0.1) is 0 Å². The topological polar surface area (TPSA) is 113 Å². The van der Waals surface area contributed by atoms with E-state index in [-0.39, 0.29) is 12.5 Å². The molecule has 0 aromatic heterocycles. The zero-order valence-electron chi connectivity index (χ0n) is 14.5. The Kier molecular flexibility index (Phi) is 5.76. The Morgan fingerprint density at radius 2 is 1.84 bits per heavy atom. The van der Waals surface area contributed by atoms with Gasteiger partial charge in [0.1, 0.15) is 0 Å². The van der Waals surface area contributed by atoms with E-state index in [0.29, 0.717) is 37.3 Å². The molecule has 1 amide bonds. The van der Waals surface area contributed by atoms with Crippen molar-refractivity contribution in [1.29, 1.82) is 0 Å². The van der Waals surface area contributed by atoms with Crippen LogP contribution in [0.5, 0.6) is 0 Å². The molecule has 0 aliphatic carbocycles. The second kappa shape index (κ2) is 7.46. The number of amides is 1. The molecule has 0 atom stereocenters. The quantitative estimate of drug-likeness (QED) is 0.588. The van der Waals surface area contributed by atoms with Crippen LogP contribution in [0.4, 0.5) is 5.69 Å². The molecule has 25 heavy (non-hydrogen) atoms. The van der Waals surface area contributed by atoms with E-state index in [0.717, 1.165) is 4.31 Å². The predicted molar refractivity (Wildman–Crippen MR) is 91.8 cm³/mol. The number of benzene rings is 1. The number of carbonyl (C=O) groups is 1. The van der Waals surface area contributed by atoms with Crippen LogP contribution >= 0.6 is 0 Å². The number of rotatable bonds is 5. The second-order valence-electron chi connectivity index (χ2n) is 6.05. The summed E-state index contributed by atoms with van der Waals surface area (Å²) in [6.07, 6.45) is 0. The number of piperazine rings is 1. The van der Waals surface area contributed by atoms with Gasteiger partial charge in [0.25, 0.3) is 5.69 Å². The van der Waals surface area contributed by atoms with Gasteiger partial charge in [-0.1, -0.05) is 0 Å². The first-order valence-corrected chi connectivity index (χ1v) is 9.29. The number of hydrogen-bond donors (Lipinski definition) is 1. The third-order valence-electron chi connectivity index (χ3n) is 4.29. The van der Waals surface area contributed by atoms with Crippen molar-refractivity contribution in [2.24, 2.45) is 0 Å². The van der Waals surface area contributed by atoms with Crippen LogP contribution < -0.4 is 5.32 Å². The highest BCUT2D eigenvalue weighted by molar-refractivity contribution is 7.89. The average Bonchev–Trinajstić information content (AvgIpc) is 2.57. The lowest BCUT2D eigenvalue weighted by molar-refractivity contribution is -0.387. The summed E-state index contributed by atoms with van der Waals surface area (Å²) >= 11 is 0. The van der Waals surface area contributed by atoms with Crippen LogP contribution in [0.15, 0.2) is 17.0 Å². The highest BCUT2D eigenvalue weighted by atomic mass is 32.2. The molecule has 1 N–H and O–H groups in total. The Balaban J connectivity index is 2.29. The van der Waals surface area contributed by atoms with Crippen LogP contribution in [0, 0.1) is 24.0 Å². The number of nitro groups is 1. The number of nitrogens with one attached hydrogen (secondary N) is 1. The number of aryl methyl sites for hydroxylation is 2. The molecule has 1 aliphatic rings. The van der Waals surface area contributed by atoms with Crippen molar-refractivity contribution in [2.75, 3.05) is 39.8 Å². The number of nitro benzene ring substituents is 1. The molecule has 1 heterocycles. The van der Waals surface area contributed by atoms with Gasteiger partial charge in [-0.2, -0.15) is 4.31 Å². The van der Waals surface area contributed by atoms with Crippen LogP contribution in [-0.4, -0.2) is 68.2 Å². The van der Waals surface area contributed by atoms with Gasteiger partial charge in [0.05, 0.1) is 11.5 Å². The van der Waals surface area contributed by atoms with Gasteiger partial charge in [-0.05, 0) is 31.0 Å². The monoisotopic (exact) mass is 370 g/mol. The maximum atomic E-state index is 12.8. The lowest BCUT2D eigenvalue weighted by Crippen LogP contribution is -2.49. The highest BCUT2D eigenvalue weighted by Gasteiger charge is 2.32. The summed E-state index contributed by atoms with van der Waals surface area (Å²) in [5.74, 6) is -0.320. The molecular formula is C15H22N4O5S. The van der Waals surface area contributed by atoms with Crippen molar-refractivity contribution in [1.82, 2.24) is 14.5 Å². The number of nitrogens with zero attached hydrogens (tertiary/aromatic N) is 3. The maximum absolute atomic E-state index is 12.8. The van der Waals surface area contributed by atoms with Crippen molar-refractivity contribution < 1.29 is 18.1 Å². The van der Waals surface area contributed by atoms with E-state index < -0.39 is 25.5 Å². The second-order valence-corrected chi connectivity index (χ2v) is 8.07. The zero-order chi connectivity index (χ0) is 18.8. The number of sulfonamides is 1. The minimum Gasteiger partial charge on any atom is -0.339 e. The Morgan fingerprint density at radius 3 is 2.40 bits per heavy atom. The SMILES string of the molecule is Cc1cc([N+](=O)[O-])c(S(=O)(=O)N(C)CC(=O)N2CCNCC2)cc1C. The van der Waals surface area contributed by atoms with Gasteiger partial charge in [-0.3, -0.25) is 14.9 Å². The molecule has 0 bridgehead atoms. The normalized spacial score (nSPS) is 15.4. The molecule has 2 rings (SSSR count). The van der Waals surface area contributed by atoms with E-state index >= 15 is 0 Å². The summed E-state index contributed by atoms with van der Waals surface area (Å²) in [7, 11) is -2.90. The van der Waals surface area contributed by atoms with Crippen molar-refractivity contribution in [3.8, 4) is 0 Å². The van der Waals surface area contributed by atoms with E-state index in [4.69, 9.17) is 0 Å². The first-order valence-electron chi connectivity index (χ1n) is 7.85. The van der Waals surface area contributed by atoms with Gasteiger partial charge in [0.2, 0.25) is 15.9 Å². The fourth-order valence-electron chi connectivity index (χ4n) is 2.58. The van der Waals surface area contributed by atoms with Crippen molar-refractivity contribution >= 4 is 21.6 Å². The Morgan fingerprint density at radius 1 is 1.28 bits per heavy atom. The molecule has 1 saturated heterocycles. The minimum absolute atomic E-state index is 0.320. The van der Waals surface area contributed by atoms with Gasteiger partial charge in [-0.25, -0.2) is 8.42 Å². The van der Waals surface area contributed by atoms with E-state index in [2.05, 4.69) is 5.32 Å². The van der Waals surface area contributed by atoms with Crippen LogP contribution in [0.2, 0.25) is 0 Å². The van der Waals surface area contributed by atoms with E-state index in [1.54, 1.807) is 18.7 Å². The van der Waals surface area contributed by atoms with Gasteiger partial charge < -0.3 is 10.2 Å². The summed E-state index contributed by atoms with van der Waals surface area (Å²) in [6.45, 7) is 5.34. The Labute approximate surface area is 146 Å². The van der Waals surface area contributed by atoms with Crippen LogP contribution in [-0.2, 0) is 14.8 Å². The standard InChI is InChI=1S/C15H22N4O5S/c1-11-8-13(19(21)22)14(9-12(11)2)25(23,24)17(3)10-15(20)18-6-4-16-5-7-18/h8-9,16H,4-7,10H2,1-3H3. The Hall–Kier alpha value is -2.04. The number of likely N-dealkylation sites (N-methyl/N-ethyl adjacent to an activating group) is 1. The number of hydrogen-bond acceptors (Lipinski definition) is 6. The summed E-state index contributed by atoms with van der Waals surface area (Å²) in [6, 6.07) is 2.53. The lowest BCUT2D eigenvalue weighted by Gasteiger charge is -2.29. The molecule has 138 valence electrons. The third-order valence-corrected chi connectivity index (χ3v) is 6.12. The van der Waals surface area contributed by atoms with Crippen LogP contribution in [0.25, 0.3) is 0 Å². The molecule has 0 spiro atoms. The van der Waals surface area contributed by atoms with Crippen molar-refractivity contribution in [2.45, 2.75) is 18.7 Å². The van der Waals surface area contributed by atoms with Gasteiger partial charge in [0.15, 0.2) is 4.90 Å². The van der Waals surface area contributed by atoms with Crippen LogP contribution in [0.3, 0.4) is 0 Å². The molecule has 1 fully saturated rings. The van der Waals surface area contributed by atoms with Gasteiger partial charge >= 0.3 is 0 Å². The molecule has 0 unspecified atom stereocenters. The fraction of sp³-hybridized carbons (Fsp3) is 0.533. The molecule has 1 aromatic carbocycles. The predicted octanol–water partition coefficient (Wildman–Crippen LogP) is 0.264. The van der Waals surface area contributed by atoms with Crippen molar-refractivity contribution in [3.05, 3.63) is 33.4 Å². The third kappa shape index (κ3) is 4.14. The van der Waals surface area contributed by atoms with Crippen LogP contribution in [0.1, 0.15) is 11.1 Å². The van der Waals surface area contributed by atoms with E-state index in [1.807, 2.05) is 0 Å². The molecular weight excluding hydrogens is 348 g/mol. The molecule has 9 nitrogen and oxygen atoms in total. The zero-order valence-corrected chi connectivity index (χ0v) is 15.3. The summed E-state index contributed by atoms with van der Waals surface area (Å²) in [5, 5.41) is 14.4. The minimum atomic E-state index is -4.16. The first-order chi connectivity index (χ1) is 11.6. The van der Waals surface area contributed by atoms with E-state index in [9.17, 15) is 23.3 Å². The average molecular weight is 370 g/mol. The smallest absolute Gasteiger partial charge is 0.289 e. The first kappa shape index (κ1) is 19.3.